The minimum absolute atomic E-state index is 0.0994. The molecule has 0 amide bonds. The van der Waals surface area contributed by atoms with Crippen molar-refractivity contribution in [3.05, 3.63) is 47.8 Å². The Morgan fingerprint density at radius 3 is 2.75 bits per heavy atom. The third-order valence-electron chi connectivity index (χ3n) is 2.93. The van der Waals surface area contributed by atoms with Crippen molar-refractivity contribution in [3.8, 4) is 5.69 Å². The number of ether oxygens (including phenoxy) is 1. The lowest BCUT2D eigenvalue weighted by Crippen LogP contribution is -2.35. The molecule has 0 aliphatic carbocycles. The van der Waals surface area contributed by atoms with Gasteiger partial charge in [0.1, 0.15) is 0 Å². The molecule has 0 aliphatic heterocycles. The van der Waals surface area contributed by atoms with Crippen molar-refractivity contribution in [3.63, 3.8) is 0 Å². The number of rotatable bonds is 5. The van der Waals surface area contributed by atoms with E-state index in [1.165, 1.54) is 0 Å². The van der Waals surface area contributed by atoms with Gasteiger partial charge in [-0.2, -0.15) is 5.10 Å². The lowest BCUT2D eigenvalue weighted by Gasteiger charge is -2.19. The van der Waals surface area contributed by atoms with E-state index in [-0.39, 0.29) is 5.54 Å². The minimum atomic E-state index is 0.0994. The Morgan fingerprint density at radius 1 is 1.25 bits per heavy atom. The van der Waals surface area contributed by atoms with Crippen LogP contribution in [0.2, 0.25) is 0 Å². The first-order chi connectivity index (χ1) is 9.48. The van der Waals surface area contributed by atoms with Gasteiger partial charge in [-0.1, -0.05) is 12.1 Å². The number of hydrogen-bond acceptors (Lipinski definition) is 3. The van der Waals surface area contributed by atoms with E-state index in [4.69, 9.17) is 4.74 Å². The van der Waals surface area contributed by atoms with Crippen LogP contribution in [0.5, 0.6) is 0 Å². The highest BCUT2D eigenvalue weighted by atomic mass is 16.5. The molecule has 0 saturated heterocycles. The maximum absolute atomic E-state index is 5.16. The molecule has 0 spiro atoms. The van der Waals surface area contributed by atoms with Gasteiger partial charge in [-0.25, -0.2) is 4.68 Å². The Hall–Kier alpha value is -1.65. The van der Waals surface area contributed by atoms with Crippen molar-refractivity contribution < 1.29 is 4.74 Å². The monoisotopic (exact) mass is 273 g/mol. The molecule has 108 valence electrons. The molecule has 0 bridgehead atoms. The lowest BCUT2D eigenvalue weighted by atomic mass is 10.1. The van der Waals surface area contributed by atoms with Gasteiger partial charge in [0.05, 0.1) is 18.0 Å². The van der Waals surface area contributed by atoms with Gasteiger partial charge in [-0.15, -0.1) is 0 Å². The average molecular weight is 273 g/mol. The molecule has 1 heterocycles. The van der Waals surface area contributed by atoms with E-state index in [2.05, 4.69) is 43.3 Å². The maximum Gasteiger partial charge on any atom is 0.0767 e. The number of nitrogens with zero attached hydrogens (tertiary/aromatic N) is 2. The van der Waals surface area contributed by atoms with Crippen LogP contribution in [0.15, 0.2) is 36.5 Å². The summed E-state index contributed by atoms with van der Waals surface area (Å²) in [4.78, 5) is 0. The molecule has 20 heavy (non-hydrogen) atoms. The fraction of sp³-hybridized carbons (Fsp3) is 0.438. The van der Waals surface area contributed by atoms with Crippen LogP contribution in [0.1, 0.15) is 32.0 Å². The van der Waals surface area contributed by atoms with E-state index in [9.17, 15) is 0 Å². The summed E-state index contributed by atoms with van der Waals surface area (Å²) >= 11 is 0. The van der Waals surface area contributed by atoms with Gasteiger partial charge in [0, 0.05) is 25.4 Å². The van der Waals surface area contributed by atoms with Crippen molar-refractivity contribution in [2.75, 3.05) is 7.11 Å². The summed E-state index contributed by atoms with van der Waals surface area (Å²) in [5, 5.41) is 8.04. The van der Waals surface area contributed by atoms with Crippen molar-refractivity contribution >= 4 is 0 Å². The van der Waals surface area contributed by atoms with Gasteiger partial charge in [0.2, 0.25) is 0 Å². The summed E-state index contributed by atoms with van der Waals surface area (Å²) < 4.78 is 7.06. The molecule has 0 atom stereocenters. The molecule has 2 aromatic rings. The van der Waals surface area contributed by atoms with Crippen LogP contribution in [0.3, 0.4) is 0 Å². The van der Waals surface area contributed by atoms with E-state index < -0.39 is 0 Å². The lowest BCUT2D eigenvalue weighted by molar-refractivity contribution is 0.185. The zero-order valence-corrected chi connectivity index (χ0v) is 12.7. The summed E-state index contributed by atoms with van der Waals surface area (Å²) in [5.74, 6) is 0. The van der Waals surface area contributed by atoms with E-state index in [0.717, 1.165) is 23.5 Å². The molecule has 1 aromatic heterocycles. The van der Waals surface area contributed by atoms with Crippen molar-refractivity contribution in [2.45, 2.75) is 39.5 Å². The Balaban J connectivity index is 2.10. The highest BCUT2D eigenvalue weighted by Gasteiger charge is 2.09. The first kappa shape index (κ1) is 14.8. The highest BCUT2D eigenvalue weighted by molar-refractivity contribution is 5.35. The minimum Gasteiger partial charge on any atom is -0.380 e. The van der Waals surface area contributed by atoms with E-state index in [0.29, 0.717) is 6.61 Å². The normalized spacial score (nSPS) is 11.8. The molecule has 4 heteroatoms. The van der Waals surface area contributed by atoms with Crippen LogP contribution in [-0.2, 0) is 17.9 Å². The van der Waals surface area contributed by atoms with Gasteiger partial charge in [-0.3, -0.25) is 0 Å². The van der Waals surface area contributed by atoms with Gasteiger partial charge in [-0.05, 0) is 44.5 Å². The van der Waals surface area contributed by atoms with Crippen LogP contribution in [-0.4, -0.2) is 22.4 Å². The Bertz CT molecular complexity index is 555. The quantitative estimate of drug-likeness (QED) is 0.910. The fourth-order valence-corrected chi connectivity index (χ4v) is 1.91. The maximum atomic E-state index is 5.16. The zero-order valence-electron chi connectivity index (χ0n) is 12.7. The topological polar surface area (TPSA) is 39.1 Å². The molecule has 0 radical (unpaired) electrons. The summed E-state index contributed by atoms with van der Waals surface area (Å²) in [6.45, 7) is 7.84. The van der Waals surface area contributed by atoms with Gasteiger partial charge in [0.25, 0.3) is 0 Å². The third kappa shape index (κ3) is 4.18. The van der Waals surface area contributed by atoms with Gasteiger partial charge >= 0.3 is 0 Å². The van der Waals surface area contributed by atoms with E-state index in [1.54, 1.807) is 7.11 Å². The third-order valence-corrected chi connectivity index (χ3v) is 2.93. The molecule has 2 rings (SSSR count). The number of aromatic nitrogens is 2. The Morgan fingerprint density at radius 2 is 2.05 bits per heavy atom. The standard InChI is InChI=1S/C16H23N3O/c1-16(2,3)17-11-14-8-9-19(18-14)15-7-5-6-13(10-15)12-20-4/h5-10,17H,11-12H2,1-4H3. The number of methoxy groups -OCH3 is 1. The van der Waals surface area contributed by atoms with Crippen LogP contribution < -0.4 is 5.32 Å². The summed E-state index contributed by atoms with van der Waals surface area (Å²) in [5.41, 5.74) is 3.34. The largest absolute Gasteiger partial charge is 0.380 e. The van der Waals surface area contributed by atoms with Gasteiger partial charge < -0.3 is 10.1 Å². The number of nitrogens with one attached hydrogen (secondary N) is 1. The molecule has 4 nitrogen and oxygen atoms in total. The van der Waals surface area contributed by atoms with Crippen molar-refractivity contribution in [1.82, 2.24) is 15.1 Å². The van der Waals surface area contributed by atoms with E-state index >= 15 is 0 Å². The predicted octanol–water partition coefficient (Wildman–Crippen LogP) is 2.91. The highest BCUT2D eigenvalue weighted by Crippen LogP contribution is 2.12. The van der Waals surface area contributed by atoms with Gasteiger partial charge in [0.15, 0.2) is 0 Å². The molecule has 1 N–H and O–H groups in total. The van der Waals surface area contributed by atoms with Crippen molar-refractivity contribution in [1.29, 1.82) is 0 Å². The number of benzene rings is 1. The fourth-order valence-electron chi connectivity index (χ4n) is 1.91. The van der Waals surface area contributed by atoms with E-state index in [1.807, 2.05) is 29.1 Å². The average Bonchev–Trinajstić information content (AvgIpc) is 2.85. The molecule has 0 saturated carbocycles. The smallest absolute Gasteiger partial charge is 0.0767 e. The SMILES string of the molecule is COCc1cccc(-n2ccc(CNC(C)(C)C)n2)c1. The predicted molar refractivity (Wildman–Crippen MR) is 80.9 cm³/mol. The molecule has 1 aromatic carbocycles. The summed E-state index contributed by atoms with van der Waals surface area (Å²) in [6, 6.07) is 10.3. The number of hydrogen-bond donors (Lipinski definition) is 1. The van der Waals surface area contributed by atoms with Crippen LogP contribution in [0.25, 0.3) is 5.69 Å². The second-order valence-electron chi connectivity index (χ2n) is 5.96. The summed E-state index contributed by atoms with van der Waals surface area (Å²) in [7, 11) is 1.71. The zero-order chi connectivity index (χ0) is 14.6. The molecule has 0 aliphatic rings. The van der Waals surface area contributed by atoms with Crippen LogP contribution in [0.4, 0.5) is 0 Å². The van der Waals surface area contributed by atoms with Crippen LogP contribution in [0, 0.1) is 0 Å². The first-order valence-electron chi connectivity index (χ1n) is 6.86. The Labute approximate surface area is 120 Å². The van der Waals surface area contributed by atoms with Crippen LogP contribution >= 0.6 is 0 Å². The Kier molecular flexibility index (Phi) is 4.57. The summed E-state index contributed by atoms with van der Waals surface area (Å²) in [6.07, 6.45) is 1.99. The second-order valence-corrected chi connectivity index (χ2v) is 5.96. The van der Waals surface area contributed by atoms with Crippen molar-refractivity contribution in [2.24, 2.45) is 0 Å². The second kappa shape index (κ2) is 6.20. The molecular formula is C16H23N3O. The molecule has 0 unspecified atom stereocenters. The molecular weight excluding hydrogens is 250 g/mol. The molecule has 0 fully saturated rings. The first-order valence-corrected chi connectivity index (χ1v) is 6.86.